The van der Waals surface area contributed by atoms with Crippen LogP contribution in [0.4, 0.5) is 4.39 Å². The van der Waals surface area contributed by atoms with Gasteiger partial charge in [-0.3, -0.25) is 0 Å². The smallest absolute Gasteiger partial charge is 0.146 e. The number of rotatable bonds is 1. The second-order valence-corrected chi connectivity index (χ2v) is 3.74. The van der Waals surface area contributed by atoms with Gasteiger partial charge in [0.05, 0.1) is 4.47 Å². The lowest BCUT2D eigenvalue weighted by Crippen LogP contribution is -1.92. The van der Waals surface area contributed by atoms with Crippen LogP contribution in [0.15, 0.2) is 22.7 Å². The molecule has 0 spiro atoms. The van der Waals surface area contributed by atoms with Crippen molar-refractivity contribution >= 4 is 44.1 Å². The molecule has 1 aromatic carbocycles. The molecule has 0 heterocycles. The highest BCUT2D eigenvalue weighted by molar-refractivity contribution is 9.10. The Morgan fingerprint density at radius 3 is 2.64 bits per heavy atom. The summed E-state index contributed by atoms with van der Waals surface area (Å²) in [6.45, 7) is 0. The first kappa shape index (κ1) is 9.10. The monoisotopic (exact) mass is 252 g/mol. The lowest BCUT2D eigenvalue weighted by Gasteiger charge is -1.99. The van der Waals surface area contributed by atoms with Crippen LogP contribution in [0.3, 0.4) is 0 Å². The van der Waals surface area contributed by atoms with Crippen molar-refractivity contribution in [2.75, 3.05) is 0 Å². The highest BCUT2D eigenvalue weighted by Crippen LogP contribution is 2.20. The maximum Gasteiger partial charge on any atom is 0.146 e. The van der Waals surface area contributed by atoms with Crippen molar-refractivity contribution in [1.29, 1.82) is 0 Å². The van der Waals surface area contributed by atoms with Gasteiger partial charge >= 0.3 is 0 Å². The number of halogens is 3. The van der Waals surface area contributed by atoms with Gasteiger partial charge in [0.1, 0.15) is 10.1 Å². The van der Waals surface area contributed by atoms with Crippen LogP contribution < -0.4 is 0 Å². The normalized spacial score (nSPS) is 9.73. The van der Waals surface area contributed by atoms with Crippen molar-refractivity contribution in [3.63, 3.8) is 0 Å². The highest BCUT2D eigenvalue weighted by atomic mass is 79.9. The Kier molecular flexibility index (Phi) is 2.98. The van der Waals surface area contributed by atoms with E-state index in [2.05, 4.69) is 28.1 Å². The van der Waals surface area contributed by atoms with E-state index in [0.29, 0.717) is 4.47 Å². The summed E-state index contributed by atoms with van der Waals surface area (Å²) >= 11 is 13.1. The van der Waals surface area contributed by atoms with Gasteiger partial charge < -0.3 is 0 Å². The number of thiocarbonyl (C=S) groups is 1. The summed E-state index contributed by atoms with van der Waals surface area (Å²) in [6, 6.07) is 4.81. The van der Waals surface area contributed by atoms with E-state index in [-0.39, 0.29) is 9.89 Å². The summed E-state index contributed by atoms with van der Waals surface area (Å²) in [7, 11) is 0. The average Bonchev–Trinajstić information content (AvgIpc) is 1.94. The Morgan fingerprint density at radius 1 is 1.55 bits per heavy atom. The van der Waals surface area contributed by atoms with Gasteiger partial charge in [-0.25, -0.2) is 4.39 Å². The van der Waals surface area contributed by atoms with Gasteiger partial charge in [0, 0.05) is 5.56 Å². The van der Waals surface area contributed by atoms with E-state index in [1.165, 1.54) is 6.07 Å². The third-order valence-corrected chi connectivity index (χ3v) is 2.20. The fraction of sp³-hybridized carbons (Fsp3) is 0. The third kappa shape index (κ3) is 1.98. The first-order valence-electron chi connectivity index (χ1n) is 2.77. The van der Waals surface area contributed by atoms with E-state index in [1.807, 2.05) is 0 Å². The largest absolute Gasteiger partial charge is 0.205 e. The highest BCUT2D eigenvalue weighted by Gasteiger charge is 2.07. The average molecular weight is 254 g/mol. The van der Waals surface area contributed by atoms with E-state index >= 15 is 0 Å². The number of hydrogen-bond donors (Lipinski definition) is 0. The molecule has 0 aliphatic carbocycles. The van der Waals surface area contributed by atoms with Crippen molar-refractivity contribution in [1.82, 2.24) is 0 Å². The summed E-state index contributed by atoms with van der Waals surface area (Å²) in [5, 5.41) is 0. The molecule has 0 aliphatic heterocycles. The zero-order valence-electron chi connectivity index (χ0n) is 5.27. The molecule has 58 valence electrons. The van der Waals surface area contributed by atoms with Crippen LogP contribution in [0.25, 0.3) is 0 Å². The Labute approximate surface area is 82.5 Å². The van der Waals surface area contributed by atoms with Crippen LogP contribution in [0.5, 0.6) is 0 Å². The van der Waals surface area contributed by atoms with Crippen LogP contribution in [-0.2, 0) is 0 Å². The summed E-state index contributed by atoms with van der Waals surface area (Å²) in [4.78, 5) is 0. The minimum atomic E-state index is -0.410. The maximum absolute atomic E-state index is 13.0. The van der Waals surface area contributed by atoms with E-state index in [1.54, 1.807) is 12.1 Å². The molecule has 0 saturated heterocycles. The lowest BCUT2D eigenvalue weighted by atomic mass is 10.2. The SMILES string of the molecule is Fc1c(Br)cccc1C(=S)Cl. The van der Waals surface area contributed by atoms with Gasteiger partial charge in [-0.1, -0.05) is 29.9 Å². The Morgan fingerprint density at radius 2 is 2.18 bits per heavy atom. The minimum absolute atomic E-state index is 0.0452. The summed E-state index contributed by atoms with van der Waals surface area (Å²) in [6.07, 6.45) is 0. The Bertz CT molecular complexity index is 300. The first-order valence-corrected chi connectivity index (χ1v) is 4.34. The molecule has 0 nitrogen and oxygen atoms in total. The molecule has 0 N–H and O–H groups in total. The van der Waals surface area contributed by atoms with Gasteiger partial charge in [0.15, 0.2) is 0 Å². The molecule has 1 aromatic rings. The summed E-state index contributed by atoms with van der Waals surface area (Å²) < 4.78 is 13.5. The van der Waals surface area contributed by atoms with Gasteiger partial charge in [0.25, 0.3) is 0 Å². The van der Waals surface area contributed by atoms with E-state index in [0.717, 1.165) is 0 Å². The van der Waals surface area contributed by atoms with Crippen molar-refractivity contribution in [3.8, 4) is 0 Å². The molecule has 0 saturated carbocycles. The second kappa shape index (κ2) is 3.61. The Hall–Kier alpha value is 0.01000. The minimum Gasteiger partial charge on any atom is -0.205 e. The molecule has 0 aliphatic rings. The molecular formula is C7H3BrClFS. The van der Waals surface area contributed by atoms with E-state index < -0.39 is 5.82 Å². The van der Waals surface area contributed by atoms with Crippen LogP contribution in [0.2, 0.25) is 0 Å². The van der Waals surface area contributed by atoms with Crippen LogP contribution in [0, 0.1) is 5.82 Å². The summed E-state index contributed by atoms with van der Waals surface area (Å²) in [5.74, 6) is -0.410. The van der Waals surface area contributed by atoms with Gasteiger partial charge in [0.2, 0.25) is 0 Å². The van der Waals surface area contributed by atoms with Crippen LogP contribution in [-0.4, -0.2) is 4.32 Å². The van der Waals surface area contributed by atoms with E-state index in [9.17, 15) is 4.39 Å². The zero-order valence-corrected chi connectivity index (χ0v) is 8.43. The molecule has 0 radical (unpaired) electrons. The standard InChI is InChI=1S/C7H3BrClFS/c8-5-3-1-2-4(6(5)10)7(9)11/h1-3H. The predicted octanol–water partition coefficient (Wildman–Crippen LogP) is 3.50. The van der Waals surface area contributed by atoms with Crippen molar-refractivity contribution in [2.45, 2.75) is 0 Å². The molecule has 11 heavy (non-hydrogen) atoms. The second-order valence-electron chi connectivity index (χ2n) is 1.88. The molecule has 0 unspecified atom stereocenters. The van der Waals surface area contributed by atoms with Crippen molar-refractivity contribution in [2.24, 2.45) is 0 Å². The lowest BCUT2D eigenvalue weighted by molar-refractivity contribution is 0.619. The summed E-state index contributed by atoms with van der Waals surface area (Å²) in [5.41, 5.74) is 0.260. The molecule has 0 aromatic heterocycles. The van der Waals surface area contributed by atoms with E-state index in [4.69, 9.17) is 11.6 Å². The quantitative estimate of drug-likeness (QED) is 0.545. The number of hydrogen-bond acceptors (Lipinski definition) is 1. The van der Waals surface area contributed by atoms with Crippen LogP contribution in [0.1, 0.15) is 5.56 Å². The third-order valence-electron chi connectivity index (χ3n) is 1.16. The van der Waals surface area contributed by atoms with Gasteiger partial charge in [-0.05, 0) is 28.1 Å². The topological polar surface area (TPSA) is 0 Å². The first-order chi connectivity index (χ1) is 5.13. The fourth-order valence-corrected chi connectivity index (χ4v) is 1.33. The predicted molar refractivity (Wildman–Crippen MR) is 51.7 cm³/mol. The van der Waals surface area contributed by atoms with Gasteiger partial charge in [-0.15, -0.1) is 0 Å². The molecular weight excluding hydrogens is 250 g/mol. The molecule has 4 heteroatoms. The number of benzene rings is 1. The molecule has 1 rings (SSSR count). The zero-order chi connectivity index (χ0) is 8.43. The van der Waals surface area contributed by atoms with Crippen molar-refractivity contribution in [3.05, 3.63) is 34.1 Å². The molecule has 0 atom stereocenters. The van der Waals surface area contributed by atoms with Crippen molar-refractivity contribution < 1.29 is 4.39 Å². The fourth-order valence-electron chi connectivity index (χ4n) is 0.656. The Balaban J connectivity index is 3.27. The van der Waals surface area contributed by atoms with Crippen LogP contribution >= 0.6 is 39.7 Å². The van der Waals surface area contributed by atoms with Gasteiger partial charge in [-0.2, -0.15) is 0 Å². The molecule has 0 fully saturated rings. The molecule has 0 amide bonds. The maximum atomic E-state index is 13.0. The molecule has 0 bridgehead atoms.